The molecule has 0 fully saturated rings. The van der Waals surface area contributed by atoms with Crippen LogP contribution in [0.3, 0.4) is 0 Å². The van der Waals surface area contributed by atoms with E-state index in [0.717, 1.165) is 6.20 Å². The number of rotatable bonds is 4. The van der Waals surface area contributed by atoms with Crippen molar-refractivity contribution >= 4 is 11.3 Å². The molecule has 0 aliphatic carbocycles. The van der Waals surface area contributed by atoms with Crippen molar-refractivity contribution in [3.63, 3.8) is 0 Å². The van der Waals surface area contributed by atoms with Gasteiger partial charge in [-0.3, -0.25) is 0 Å². The van der Waals surface area contributed by atoms with Gasteiger partial charge in [-0.05, 0) is 19.0 Å². The first-order valence-corrected chi connectivity index (χ1v) is 7.17. The SMILES string of the molecule is CCNC(c1cnc(C(F)(F)F)s1)c1cccc(C)c1F. The average molecular weight is 318 g/mol. The smallest absolute Gasteiger partial charge is 0.306 e. The van der Waals surface area contributed by atoms with E-state index in [1.165, 1.54) is 0 Å². The van der Waals surface area contributed by atoms with E-state index in [1.807, 2.05) is 6.92 Å². The minimum Gasteiger partial charge on any atom is -0.306 e. The van der Waals surface area contributed by atoms with Gasteiger partial charge in [-0.25, -0.2) is 9.37 Å². The van der Waals surface area contributed by atoms with Crippen LogP contribution in [0.2, 0.25) is 0 Å². The highest BCUT2D eigenvalue weighted by Gasteiger charge is 2.35. The number of thiazole rings is 1. The molecule has 7 heteroatoms. The number of halogens is 4. The van der Waals surface area contributed by atoms with E-state index in [1.54, 1.807) is 25.1 Å². The molecular weight excluding hydrogens is 304 g/mol. The second kappa shape index (κ2) is 6.11. The lowest BCUT2D eigenvalue weighted by Crippen LogP contribution is -2.22. The summed E-state index contributed by atoms with van der Waals surface area (Å²) in [4.78, 5) is 3.74. The van der Waals surface area contributed by atoms with Crippen LogP contribution in [0, 0.1) is 12.7 Å². The molecule has 0 bridgehead atoms. The first-order chi connectivity index (χ1) is 9.84. The molecule has 1 atom stereocenters. The Morgan fingerprint density at radius 3 is 2.62 bits per heavy atom. The van der Waals surface area contributed by atoms with Crippen LogP contribution < -0.4 is 5.32 Å². The lowest BCUT2D eigenvalue weighted by molar-refractivity contribution is -0.137. The summed E-state index contributed by atoms with van der Waals surface area (Å²) >= 11 is 0.532. The lowest BCUT2D eigenvalue weighted by atomic mass is 10.0. The summed E-state index contributed by atoms with van der Waals surface area (Å²) in [6, 6.07) is 4.24. The molecule has 2 rings (SSSR count). The van der Waals surface area contributed by atoms with Crippen LogP contribution in [-0.4, -0.2) is 11.5 Å². The Morgan fingerprint density at radius 2 is 2.05 bits per heavy atom. The van der Waals surface area contributed by atoms with Crippen molar-refractivity contribution in [2.75, 3.05) is 6.54 Å². The Morgan fingerprint density at radius 1 is 1.33 bits per heavy atom. The molecule has 0 aliphatic rings. The summed E-state index contributed by atoms with van der Waals surface area (Å²) < 4.78 is 52.2. The van der Waals surface area contributed by atoms with Gasteiger partial charge in [-0.15, -0.1) is 11.3 Å². The first kappa shape index (κ1) is 15.9. The molecule has 1 aromatic heterocycles. The second-order valence-corrected chi connectivity index (χ2v) is 5.60. The number of benzene rings is 1. The number of alkyl halides is 3. The topological polar surface area (TPSA) is 24.9 Å². The zero-order valence-corrected chi connectivity index (χ0v) is 12.3. The van der Waals surface area contributed by atoms with Gasteiger partial charge in [-0.1, -0.05) is 25.1 Å². The Hall–Kier alpha value is -1.47. The fourth-order valence-electron chi connectivity index (χ4n) is 2.01. The van der Waals surface area contributed by atoms with Crippen LogP contribution in [0.1, 0.15) is 34.0 Å². The van der Waals surface area contributed by atoms with Crippen molar-refractivity contribution in [3.05, 3.63) is 51.2 Å². The number of aromatic nitrogens is 1. The first-order valence-electron chi connectivity index (χ1n) is 6.36. The van der Waals surface area contributed by atoms with E-state index in [0.29, 0.717) is 33.9 Å². The zero-order chi connectivity index (χ0) is 15.6. The van der Waals surface area contributed by atoms with Crippen molar-refractivity contribution < 1.29 is 17.6 Å². The molecule has 0 saturated heterocycles. The van der Waals surface area contributed by atoms with Crippen molar-refractivity contribution in [1.29, 1.82) is 0 Å². The van der Waals surface area contributed by atoms with Gasteiger partial charge in [0.05, 0.1) is 6.04 Å². The molecule has 1 heterocycles. The Labute approximate surface area is 123 Å². The molecule has 1 aromatic carbocycles. The van der Waals surface area contributed by atoms with E-state index >= 15 is 0 Å². The summed E-state index contributed by atoms with van der Waals surface area (Å²) in [7, 11) is 0. The highest BCUT2D eigenvalue weighted by molar-refractivity contribution is 7.11. The van der Waals surface area contributed by atoms with Gasteiger partial charge in [0.15, 0.2) is 5.01 Å². The molecule has 114 valence electrons. The van der Waals surface area contributed by atoms with Gasteiger partial charge in [0, 0.05) is 16.6 Å². The van der Waals surface area contributed by atoms with Gasteiger partial charge in [0.1, 0.15) is 5.82 Å². The van der Waals surface area contributed by atoms with Crippen molar-refractivity contribution in [1.82, 2.24) is 10.3 Å². The third-order valence-electron chi connectivity index (χ3n) is 2.99. The molecule has 1 N–H and O–H groups in total. The third kappa shape index (κ3) is 3.41. The van der Waals surface area contributed by atoms with E-state index in [9.17, 15) is 17.6 Å². The van der Waals surface area contributed by atoms with E-state index < -0.39 is 23.0 Å². The van der Waals surface area contributed by atoms with Crippen LogP contribution in [-0.2, 0) is 6.18 Å². The van der Waals surface area contributed by atoms with E-state index in [4.69, 9.17) is 0 Å². The number of hydrogen-bond donors (Lipinski definition) is 1. The fraction of sp³-hybridized carbons (Fsp3) is 0.357. The van der Waals surface area contributed by atoms with Crippen LogP contribution in [0.4, 0.5) is 17.6 Å². The largest absolute Gasteiger partial charge is 0.443 e. The predicted octanol–water partition coefficient (Wildman–Crippen LogP) is 4.31. The summed E-state index contributed by atoms with van der Waals surface area (Å²) in [6.07, 6.45) is -3.33. The standard InChI is InChI=1S/C14H14F4N2S/c1-3-19-12(9-6-4-5-8(2)11(9)15)10-7-20-13(21-10)14(16,17)18/h4-7,12,19H,3H2,1-2H3. The Bertz CT molecular complexity index is 622. The molecule has 2 nitrogen and oxygen atoms in total. The van der Waals surface area contributed by atoms with Crippen LogP contribution in [0.25, 0.3) is 0 Å². The molecule has 0 amide bonds. The fourth-order valence-corrected chi connectivity index (χ4v) is 2.89. The van der Waals surface area contributed by atoms with Gasteiger partial charge < -0.3 is 5.32 Å². The molecule has 0 aliphatic heterocycles. The van der Waals surface area contributed by atoms with Crippen LogP contribution >= 0.6 is 11.3 Å². The van der Waals surface area contributed by atoms with Gasteiger partial charge in [0.2, 0.25) is 0 Å². The normalized spacial score (nSPS) is 13.4. The summed E-state index contributed by atoms with van der Waals surface area (Å²) in [5.74, 6) is -0.412. The number of nitrogens with one attached hydrogen (secondary N) is 1. The van der Waals surface area contributed by atoms with Crippen molar-refractivity contribution in [2.45, 2.75) is 26.1 Å². The monoisotopic (exact) mass is 318 g/mol. The minimum absolute atomic E-state index is 0.328. The maximum Gasteiger partial charge on any atom is 0.443 e. The summed E-state index contributed by atoms with van der Waals surface area (Å²) in [5, 5.41) is 2.09. The van der Waals surface area contributed by atoms with Gasteiger partial charge in [0.25, 0.3) is 0 Å². The maximum absolute atomic E-state index is 14.2. The summed E-state index contributed by atoms with van der Waals surface area (Å²) in [6.45, 7) is 3.93. The highest BCUT2D eigenvalue weighted by Crippen LogP contribution is 2.36. The molecule has 1 unspecified atom stereocenters. The van der Waals surface area contributed by atoms with Gasteiger partial charge in [-0.2, -0.15) is 13.2 Å². The Kier molecular flexibility index (Phi) is 4.63. The van der Waals surface area contributed by atoms with E-state index in [-0.39, 0.29) is 0 Å². The predicted molar refractivity (Wildman–Crippen MR) is 73.8 cm³/mol. The van der Waals surface area contributed by atoms with E-state index in [2.05, 4.69) is 10.3 Å². The Balaban J connectivity index is 2.44. The van der Waals surface area contributed by atoms with Crippen molar-refractivity contribution in [3.8, 4) is 0 Å². The molecule has 0 saturated carbocycles. The molecule has 21 heavy (non-hydrogen) atoms. The second-order valence-electron chi connectivity index (χ2n) is 4.53. The zero-order valence-electron chi connectivity index (χ0n) is 11.5. The van der Waals surface area contributed by atoms with Gasteiger partial charge >= 0.3 is 6.18 Å². The minimum atomic E-state index is -4.48. The molecule has 0 spiro atoms. The highest BCUT2D eigenvalue weighted by atomic mass is 32.1. The maximum atomic E-state index is 14.2. The molecule has 0 radical (unpaired) electrons. The van der Waals surface area contributed by atoms with Crippen LogP contribution in [0.15, 0.2) is 24.4 Å². The quantitative estimate of drug-likeness (QED) is 0.850. The number of nitrogens with zero attached hydrogens (tertiary/aromatic N) is 1. The molecular formula is C14H14F4N2S. The third-order valence-corrected chi connectivity index (χ3v) is 4.10. The number of aryl methyl sites for hydroxylation is 1. The number of hydrogen-bond acceptors (Lipinski definition) is 3. The van der Waals surface area contributed by atoms with Crippen LogP contribution in [0.5, 0.6) is 0 Å². The average Bonchev–Trinajstić information content (AvgIpc) is 2.89. The lowest BCUT2D eigenvalue weighted by Gasteiger charge is -2.18. The molecule has 2 aromatic rings. The summed E-state index contributed by atoms with van der Waals surface area (Å²) in [5.41, 5.74) is 0.783. The van der Waals surface area contributed by atoms with Crippen molar-refractivity contribution in [2.24, 2.45) is 0 Å².